The van der Waals surface area contributed by atoms with Gasteiger partial charge in [-0.25, -0.2) is 9.97 Å². The van der Waals surface area contributed by atoms with E-state index >= 15 is 0 Å². The highest BCUT2D eigenvalue weighted by molar-refractivity contribution is 9.10. The van der Waals surface area contributed by atoms with Crippen LogP contribution in [0.15, 0.2) is 95.9 Å². The Morgan fingerprint density at radius 1 is 0.906 bits per heavy atom. The zero-order valence-corrected chi connectivity index (χ0v) is 19.1. The van der Waals surface area contributed by atoms with Crippen LogP contribution in [0.2, 0.25) is 0 Å². The van der Waals surface area contributed by atoms with Crippen LogP contribution in [0.1, 0.15) is 6.92 Å². The van der Waals surface area contributed by atoms with E-state index in [1.165, 1.54) is 0 Å². The molecule has 0 amide bonds. The Labute approximate surface area is 194 Å². The van der Waals surface area contributed by atoms with Crippen LogP contribution >= 0.6 is 15.9 Å². The minimum absolute atomic E-state index is 0.642. The molecule has 0 spiro atoms. The highest BCUT2D eigenvalue weighted by Crippen LogP contribution is 2.36. The number of hydrogen-bond donors (Lipinski definition) is 1. The average molecular weight is 485 g/mol. The van der Waals surface area contributed by atoms with E-state index in [1.807, 2.05) is 61.5 Å². The maximum absolute atomic E-state index is 5.56. The fraction of sp³-hybridized carbons (Fsp3) is 0.0769. The van der Waals surface area contributed by atoms with E-state index in [2.05, 4.69) is 66.2 Å². The van der Waals surface area contributed by atoms with E-state index in [0.29, 0.717) is 6.61 Å². The van der Waals surface area contributed by atoms with Gasteiger partial charge in [0.15, 0.2) is 5.65 Å². The van der Waals surface area contributed by atoms with Crippen molar-refractivity contribution >= 4 is 38.5 Å². The van der Waals surface area contributed by atoms with E-state index in [9.17, 15) is 0 Å². The molecule has 6 heteroatoms. The second-order valence-electron chi connectivity index (χ2n) is 7.26. The molecule has 0 atom stereocenters. The minimum Gasteiger partial charge on any atom is -0.494 e. The smallest absolute Gasteiger partial charge is 0.150 e. The van der Waals surface area contributed by atoms with Crippen molar-refractivity contribution in [2.45, 2.75) is 6.92 Å². The zero-order chi connectivity index (χ0) is 21.9. The Morgan fingerprint density at radius 2 is 1.66 bits per heavy atom. The molecule has 5 aromatic rings. The summed E-state index contributed by atoms with van der Waals surface area (Å²) in [7, 11) is 0. The Hall–Kier alpha value is -3.64. The Balaban J connectivity index is 1.66. The molecule has 2 heterocycles. The van der Waals surface area contributed by atoms with Crippen molar-refractivity contribution < 1.29 is 4.74 Å². The number of halogens is 1. The molecule has 0 aliphatic rings. The summed E-state index contributed by atoms with van der Waals surface area (Å²) in [5.41, 5.74) is 4.99. The molecule has 0 saturated carbocycles. The van der Waals surface area contributed by atoms with E-state index < -0.39 is 0 Å². The van der Waals surface area contributed by atoms with Crippen LogP contribution < -0.4 is 10.1 Å². The van der Waals surface area contributed by atoms with Crippen molar-refractivity contribution in [1.29, 1.82) is 0 Å². The lowest BCUT2D eigenvalue weighted by Crippen LogP contribution is -1.98. The van der Waals surface area contributed by atoms with Gasteiger partial charge in [-0.1, -0.05) is 46.3 Å². The SMILES string of the molecule is CCOc1ccc(Nc2ncnc3c2c(-c2ccccc2)cn3-c2ccc(Br)cc2)cc1. The molecule has 0 aliphatic carbocycles. The number of aromatic nitrogens is 3. The summed E-state index contributed by atoms with van der Waals surface area (Å²) in [5.74, 6) is 1.60. The zero-order valence-electron chi connectivity index (χ0n) is 17.5. The summed E-state index contributed by atoms with van der Waals surface area (Å²) in [6.07, 6.45) is 3.73. The molecule has 3 aromatic carbocycles. The molecule has 2 aromatic heterocycles. The van der Waals surface area contributed by atoms with Gasteiger partial charge in [0.25, 0.3) is 0 Å². The Kier molecular flexibility index (Phi) is 5.60. The third-order valence-corrected chi connectivity index (χ3v) is 5.73. The predicted molar refractivity (Wildman–Crippen MR) is 133 cm³/mol. The highest BCUT2D eigenvalue weighted by Gasteiger charge is 2.17. The second kappa shape index (κ2) is 8.85. The van der Waals surface area contributed by atoms with Crippen molar-refractivity contribution in [2.75, 3.05) is 11.9 Å². The van der Waals surface area contributed by atoms with Crippen molar-refractivity contribution in [2.24, 2.45) is 0 Å². The number of ether oxygens (including phenoxy) is 1. The summed E-state index contributed by atoms with van der Waals surface area (Å²) in [6, 6.07) is 26.4. The topological polar surface area (TPSA) is 52.0 Å². The van der Waals surface area contributed by atoms with Crippen LogP contribution in [0.25, 0.3) is 27.8 Å². The summed E-state index contributed by atoms with van der Waals surface area (Å²) < 4.78 is 8.70. The molecule has 1 N–H and O–H groups in total. The molecular formula is C26H21BrN4O. The van der Waals surface area contributed by atoms with Gasteiger partial charge in [-0.15, -0.1) is 0 Å². The normalized spacial score (nSPS) is 10.9. The van der Waals surface area contributed by atoms with Crippen LogP contribution in [0.4, 0.5) is 11.5 Å². The van der Waals surface area contributed by atoms with Crippen molar-refractivity contribution in [3.05, 3.63) is 95.9 Å². The highest BCUT2D eigenvalue weighted by atomic mass is 79.9. The largest absolute Gasteiger partial charge is 0.494 e. The molecule has 0 unspecified atom stereocenters. The molecule has 158 valence electrons. The van der Waals surface area contributed by atoms with Gasteiger partial charge in [0.1, 0.15) is 17.9 Å². The third-order valence-electron chi connectivity index (χ3n) is 5.20. The summed E-state index contributed by atoms with van der Waals surface area (Å²) in [6.45, 7) is 2.62. The summed E-state index contributed by atoms with van der Waals surface area (Å²) in [4.78, 5) is 9.24. The van der Waals surface area contributed by atoms with Gasteiger partial charge in [-0.05, 0) is 61.0 Å². The maximum Gasteiger partial charge on any atom is 0.150 e. The maximum atomic E-state index is 5.56. The summed E-state index contributed by atoms with van der Waals surface area (Å²) in [5, 5.41) is 4.44. The van der Waals surface area contributed by atoms with Gasteiger partial charge in [0.05, 0.1) is 12.0 Å². The fourth-order valence-electron chi connectivity index (χ4n) is 3.73. The lowest BCUT2D eigenvalue weighted by Gasteiger charge is -2.10. The predicted octanol–water partition coefficient (Wildman–Crippen LogP) is 6.99. The fourth-order valence-corrected chi connectivity index (χ4v) is 3.99. The second-order valence-corrected chi connectivity index (χ2v) is 8.17. The number of fused-ring (bicyclic) bond motifs is 1. The minimum atomic E-state index is 0.642. The molecule has 32 heavy (non-hydrogen) atoms. The quantitative estimate of drug-likeness (QED) is 0.282. The van der Waals surface area contributed by atoms with E-state index in [1.54, 1.807) is 6.33 Å². The molecule has 0 fully saturated rings. The Bertz CT molecular complexity index is 1350. The number of nitrogens with one attached hydrogen (secondary N) is 1. The first-order valence-electron chi connectivity index (χ1n) is 10.4. The molecule has 0 saturated heterocycles. The van der Waals surface area contributed by atoms with Crippen molar-refractivity contribution in [3.63, 3.8) is 0 Å². The number of benzene rings is 3. The standard InChI is InChI=1S/C26H21BrN4O/c1-2-32-22-14-10-20(11-15-22)30-25-24-23(18-6-4-3-5-7-18)16-31(26(24)29-17-28-25)21-12-8-19(27)9-13-21/h3-17H,2H2,1H3,(H,28,29,30). The molecular weight excluding hydrogens is 464 g/mol. The number of anilines is 2. The average Bonchev–Trinajstić information content (AvgIpc) is 3.22. The van der Waals surface area contributed by atoms with E-state index in [4.69, 9.17) is 4.74 Å². The van der Waals surface area contributed by atoms with Crippen molar-refractivity contribution in [1.82, 2.24) is 14.5 Å². The molecule has 0 aliphatic heterocycles. The molecule has 0 radical (unpaired) electrons. The van der Waals surface area contributed by atoms with Gasteiger partial charge in [0, 0.05) is 27.6 Å². The number of nitrogens with zero attached hydrogens (tertiary/aromatic N) is 3. The third kappa shape index (κ3) is 3.97. The van der Waals surface area contributed by atoms with Gasteiger partial charge < -0.3 is 14.6 Å². The van der Waals surface area contributed by atoms with E-state index in [-0.39, 0.29) is 0 Å². The van der Waals surface area contributed by atoms with Crippen LogP contribution in [0.3, 0.4) is 0 Å². The van der Waals surface area contributed by atoms with Crippen LogP contribution in [0.5, 0.6) is 5.75 Å². The van der Waals surface area contributed by atoms with Crippen LogP contribution in [-0.4, -0.2) is 21.1 Å². The number of rotatable bonds is 6. The van der Waals surface area contributed by atoms with Gasteiger partial charge in [0.2, 0.25) is 0 Å². The summed E-state index contributed by atoms with van der Waals surface area (Å²) >= 11 is 3.52. The lowest BCUT2D eigenvalue weighted by atomic mass is 10.1. The van der Waals surface area contributed by atoms with Gasteiger partial charge >= 0.3 is 0 Å². The monoisotopic (exact) mass is 484 g/mol. The van der Waals surface area contributed by atoms with Crippen LogP contribution in [-0.2, 0) is 0 Å². The first-order chi connectivity index (χ1) is 15.7. The molecule has 5 nitrogen and oxygen atoms in total. The first kappa shape index (κ1) is 20.3. The van der Waals surface area contributed by atoms with Crippen molar-refractivity contribution in [3.8, 4) is 22.6 Å². The first-order valence-corrected chi connectivity index (χ1v) is 11.2. The Morgan fingerprint density at radius 3 is 2.38 bits per heavy atom. The number of hydrogen-bond acceptors (Lipinski definition) is 4. The lowest BCUT2D eigenvalue weighted by molar-refractivity contribution is 0.340. The van der Waals surface area contributed by atoms with Crippen LogP contribution in [0, 0.1) is 0 Å². The molecule has 0 bridgehead atoms. The van der Waals surface area contributed by atoms with Gasteiger partial charge in [-0.3, -0.25) is 0 Å². The van der Waals surface area contributed by atoms with E-state index in [0.717, 1.165) is 49.6 Å². The van der Waals surface area contributed by atoms with Gasteiger partial charge in [-0.2, -0.15) is 0 Å². The molecule has 5 rings (SSSR count).